The number of nitrogens with zero attached hydrogens (tertiary/aromatic N) is 1. The van der Waals surface area contributed by atoms with Crippen molar-refractivity contribution >= 4 is 15.9 Å². The van der Waals surface area contributed by atoms with Crippen LogP contribution in [0.25, 0.3) is 5.69 Å². The van der Waals surface area contributed by atoms with Gasteiger partial charge in [0.05, 0.1) is 16.8 Å². The van der Waals surface area contributed by atoms with Crippen molar-refractivity contribution in [2.45, 2.75) is 6.61 Å². The number of para-hydroxylation sites is 1. The summed E-state index contributed by atoms with van der Waals surface area (Å²) in [6, 6.07) is 7.49. The number of aromatic nitrogens is 1. The minimum absolute atomic E-state index is 0.161. The summed E-state index contributed by atoms with van der Waals surface area (Å²) in [5.74, 6) is -0.489. The zero-order valence-corrected chi connectivity index (χ0v) is 10.3. The number of halogens is 2. The van der Waals surface area contributed by atoms with Gasteiger partial charge >= 0.3 is 0 Å². The van der Waals surface area contributed by atoms with Crippen molar-refractivity contribution in [1.82, 2.24) is 4.57 Å². The lowest BCUT2D eigenvalue weighted by molar-refractivity contribution is 0.281. The molecule has 0 saturated heterocycles. The van der Waals surface area contributed by atoms with E-state index < -0.39 is 5.82 Å². The third kappa shape index (κ3) is 2.30. The molecule has 0 atom stereocenters. The minimum atomic E-state index is -0.489. The highest BCUT2D eigenvalue weighted by Gasteiger charge is 2.09. The van der Waals surface area contributed by atoms with Crippen molar-refractivity contribution in [3.8, 4) is 5.69 Å². The van der Waals surface area contributed by atoms with E-state index in [4.69, 9.17) is 5.11 Å². The van der Waals surface area contributed by atoms with Gasteiger partial charge in [0.15, 0.2) is 0 Å². The summed E-state index contributed by atoms with van der Waals surface area (Å²) in [6.07, 6.45) is 1.42. The fourth-order valence-electron chi connectivity index (χ4n) is 1.51. The lowest BCUT2D eigenvalue weighted by Crippen LogP contribution is -2.20. The summed E-state index contributed by atoms with van der Waals surface area (Å²) in [5.41, 5.74) is 0.320. The van der Waals surface area contributed by atoms with E-state index in [0.29, 0.717) is 5.56 Å². The van der Waals surface area contributed by atoms with E-state index in [-0.39, 0.29) is 22.3 Å². The number of aliphatic hydroxyl groups excluding tert-OH is 1. The molecule has 2 rings (SSSR count). The highest BCUT2D eigenvalue weighted by molar-refractivity contribution is 9.10. The van der Waals surface area contributed by atoms with Crippen LogP contribution in [0, 0.1) is 5.82 Å². The van der Waals surface area contributed by atoms with E-state index in [1.54, 1.807) is 12.1 Å². The molecule has 1 heterocycles. The van der Waals surface area contributed by atoms with Crippen LogP contribution in [0.5, 0.6) is 0 Å². The molecule has 0 saturated carbocycles. The maximum atomic E-state index is 13.6. The van der Waals surface area contributed by atoms with Crippen molar-refractivity contribution in [2.24, 2.45) is 0 Å². The number of rotatable bonds is 2. The molecule has 0 aliphatic heterocycles. The zero-order chi connectivity index (χ0) is 12.4. The molecule has 0 aliphatic rings. The molecule has 0 fully saturated rings. The number of hydrogen-bond acceptors (Lipinski definition) is 2. The van der Waals surface area contributed by atoms with Gasteiger partial charge in [-0.15, -0.1) is 0 Å². The van der Waals surface area contributed by atoms with Crippen LogP contribution in [-0.4, -0.2) is 9.67 Å². The highest BCUT2D eigenvalue weighted by Crippen LogP contribution is 2.14. The fraction of sp³-hybridized carbons (Fsp3) is 0.0833. The Morgan fingerprint density at radius 1 is 1.35 bits per heavy atom. The number of aliphatic hydroxyl groups is 1. The van der Waals surface area contributed by atoms with E-state index >= 15 is 0 Å². The van der Waals surface area contributed by atoms with Gasteiger partial charge in [0.2, 0.25) is 0 Å². The summed E-state index contributed by atoms with van der Waals surface area (Å²) in [5, 5.41) is 9.06. The number of benzene rings is 1. The Hall–Kier alpha value is -1.46. The van der Waals surface area contributed by atoms with Gasteiger partial charge in [-0.1, -0.05) is 12.1 Å². The second-order valence-electron chi connectivity index (χ2n) is 3.48. The molecular formula is C12H9BrFNO2. The van der Waals surface area contributed by atoms with Gasteiger partial charge in [0.25, 0.3) is 5.56 Å². The first-order valence-corrected chi connectivity index (χ1v) is 5.69. The fourth-order valence-corrected chi connectivity index (χ4v) is 2.00. The predicted molar refractivity (Wildman–Crippen MR) is 65.6 cm³/mol. The molecular weight excluding hydrogens is 289 g/mol. The molecule has 5 heteroatoms. The first-order chi connectivity index (χ1) is 8.13. The van der Waals surface area contributed by atoms with E-state index in [1.807, 2.05) is 0 Å². The SMILES string of the molecule is O=c1c(Br)cc(CO)cn1-c1ccccc1F. The van der Waals surface area contributed by atoms with Crippen LogP contribution in [0.1, 0.15) is 5.56 Å². The maximum absolute atomic E-state index is 13.6. The van der Waals surface area contributed by atoms with E-state index in [1.165, 1.54) is 29.0 Å². The van der Waals surface area contributed by atoms with Crippen LogP contribution in [0.2, 0.25) is 0 Å². The summed E-state index contributed by atoms with van der Waals surface area (Å²) in [6.45, 7) is -0.215. The molecule has 3 nitrogen and oxygen atoms in total. The van der Waals surface area contributed by atoms with Gasteiger partial charge in [0.1, 0.15) is 5.82 Å². The standard InChI is InChI=1S/C12H9BrFNO2/c13-9-5-8(7-16)6-15(12(9)17)11-4-2-1-3-10(11)14/h1-6,16H,7H2. The maximum Gasteiger partial charge on any atom is 0.269 e. The molecule has 2 aromatic rings. The Morgan fingerprint density at radius 3 is 2.71 bits per heavy atom. The lowest BCUT2D eigenvalue weighted by atomic mass is 10.2. The van der Waals surface area contributed by atoms with Gasteiger partial charge < -0.3 is 5.11 Å². The topological polar surface area (TPSA) is 42.2 Å². The Morgan fingerprint density at radius 2 is 2.06 bits per heavy atom. The molecule has 0 amide bonds. The van der Waals surface area contributed by atoms with E-state index in [0.717, 1.165) is 0 Å². The molecule has 88 valence electrons. The van der Waals surface area contributed by atoms with Gasteiger partial charge in [0, 0.05) is 6.20 Å². The molecule has 0 aliphatic carbocycles. The molecule has 1 N–H and O–H groups in total. The summed E-state index contributed by atoms with van der Waals surface area (Å²) in [4.78, 5) is 11.9. The quantitative estimate of drug-likeness (QED) is 0.924. The summed E-state index contributed by atoms with van der Waals surface area (Å²) >= 11 is 3.09. The lowest BCUT2D eigenvalue weighted by Gasteiger charge is -2.09. The van der Waals surface area contributed by atoms with Gasteiger partial charge in [-0.3, -0.25) is 9.36 Å². The van der Waals surface area contributed by atoms with Gasteiger partial charge in [-0.2, -0.15) is 0 Å². The van der Waals surface area contributed by atoms with Crippen LogP contribution in [0.15, 0.2) is 45.8 Å². The largest absolute Gasteiger partial charge is 0.392 e. The van der Waals surface area contributed by atoms with Crippen LogP contribution in [0.3, 0.4) is 0 Å². The highest BCUT2D eigenvalue weighted by atomic mass is 79.9. The molecule has 17 heavy (non-hydrogen) atoms. The van der Waals surface area contributed by atoms with Crippen molar-refractivity contribution in [1.29, 1.82) is 0 Å². The average Bonchev–Trinajstić information content (AvgIpc) is 2.33. The van der Waals surface area contributed by atoms with E-state index in [9.17, 15) is 9.18 Å². The average molecular weight is 298 g/mol. The van der Waals surface area contributed by atoms with Gasteiger partial charge in [-0.05, 0) is 39.7 Å². The van der Waals surface area contributed by atoms with Crippen LogP contribution in [0.4, 0.5) is 4.39 Å². The Balaban J connectivity index is 2.71. The minimum Gasteiger partial charge on any atom is -0.392 e. The summed E-state index contributed by atoms with van der Waals surface area (Å²) < 4.78 is 15.0. The van der Waals surface area contributed by atoms with Gasteiger partial charge in [-0.25, -0.2) is 4.39 Å². The third-order valence-corrected chi connectivity index (χ3v) is 2.89. The predicted octanol–water partition coefficient (Wildman–Crippen LogP) is 2.23. The van der Waals surface area contributed by atoms with Crippen molar-refractivity contribution < 1.29 is 9.50 Å². The third-order valence-electron chi connectivity index (χ3n) is 2.32. The van der Waals surface area contributed by atoms with Crippen molar-refractivity contribution in [2.75, 3.05) is 0 Å². The Kier molecular flexibility index (Phi) is 3.40. The molecule has 0 spiro atoms. The first kappa shape index (κ1) is 12.0. The Labute approximate surface area is 105 Å². The Bertz CT molecular complexity index is 610. The molecule has 0 radical (unpaired) electrons. The van der Waals surface area contributed by atoms with Crippen molar-refractivity contribution in [3.63, 3.8) is 0 Å². The second-order valence-corrected chi connectivity index (χ2v) is 4.34. The van der Waals surface area contributed by atoms with E-state index in [2.05, 4.69) is 15.9 Å². The smallest absolute Gasteiger partial charge is 0.269 e. The zero-order valence-electron chi connectivity index (χ0n) is 8.73. The number of hydrogen-bond donors (Lipinski definition) is 1. The monoisotopic (exact) mass is 297 g/mol. The molecule has 1 aromatic heterocycles. The van der Waals surface area contributed by atoms with Crippen LogP contribution >= 0.6 is 15.9 Å². The summed E-state index contributed by atoms with van der Waals surface area (Å²) in [7, 11) is 0. The first-order valence-electron chi connectivity index (χ1n) is 4.90. The molecule has 0 bridgehead atoms. The number of pyridine rings is 1. The molecule has 1 aromatic carbocycles. The van der Waals surface area contributed by atoms with Crippen LogP contribution in [-0.2, 0) is 6.61 Å². The van der Waals surface area contributed by atoms with Crippen LogP contribution < -0.4 is 5.56 Å². The second kappa shape index (κ2) is 4.81. The molecule has 0 unspecified atom stereocenters. The normalized spacial score (nSPS) is 10.5. The van der Waals surface area contributed by atoms with Crippen molar-refractivity contribution in [3.05, 3.63) is 62.7 Å².